The highest BCUT2D eigenvalue weighted by atomic mass is 31.2. The Morgan fingerprint density at radius 3 is 1.74 bits per heavy atom. The van der Waals surface area contributed by atoms with E-state index in [0.29, 0.717) is 56.7 Å². The number of aromatic nitrogens is 6. The van der Waals surface area contributed by atoms with Gasteiger partial charge in [0, 0.05) is 44.4 Å². The summed E-state index contributed by atoms with van der Waals surface area (Å²) in [6.07, 6.45) is 36.2. The SMILES string of the molecule is CCCCCCCCCCCCCCCC(=O)OCC(COP(=O)(O)OCCNC(=O)CCCCCn1cc(CCc2nnc(-c3ccccc3)[n-]2)nn1)OC(=O)CCCCCCCCCCCCCCC. The molecule has 0 aliphatic rings. The Morgan fingerprint density at radius 1 is 0.625 bits per heavy atom. The molecule has 0 spiro atoms. The maximum atomic E-state index is 12.8. The lowest BCUT2D eigenvalue weighted by atomic mass is 10.0. The van der Waals surface area contributed by atoms with E-state index in [1.54, 1.807) is 4.68 Å². The van der Waals surface area contributed by atoms with Gasteiger partial charge >= 0.3 is 19.8 Å². The number of hydrogen-bond donors (Lipinski definition) is 2. The van der Waals surface area contributed by atoms with E-state index in [1.165, 1.54) is 116 Å². The van der Waals surface area contributed by atoms with Gasteiger partial charge in [0.15, 0.2) is 6.10 Å². The fourth-order valence-corrected chi connectivity index (χ4v) is 9.22. The minimum Gasteiger partial charge on any atom is -0.462 e. The minimum atomic E-state index is -4.59. The van der Waals surface area contributed by atoms with Crippen LogP contribution in [0, 0.1) is 0 Å². The molecule has 0 bridgehead atoms. The summed E-state index contributed by atoms with van der Waals surface area (Å²) in [5.41, 5.74) is 1.77. The minimum absolute atomic E-state index is 0.00220. The molecule has 0 radical (unpaired) electrons. The third-order valence-corrected chi connectivity index (χ3v) is 13.8. The summed E-state index contributed by atoms with van der Waals surface area (Å²) in [5, 5.41) is 19.6. The number of hydrogen-bond acceptors (Lipinski definition) is 12. The average molecular weight is 1030 g/mol. The maximum Gasteiger partial charge on any atom is 0.472 e. The van der Waals surface area contributed by atoms with Crippen LogP contribution in [0.25, 0.3) is 11.4 Å². The van der Waals surface area contributed by atoms with Crippen molar-refractivity contribution in [1.29, 1.82) is 0 Å². The number of carbonyl (C=O) groups excluding carboxylic acids is 3. The van der Waals surface area contributed by atoms with Gasteiger partial charge in [0.2, 0.25) is 5.91 Å². The number of carbonyl (C=O) groups is 3. The molecule has 2 atom stereocenters. The van der Waals surface area contributed by atoms with Gasteiger partial charge in [0.1, 0.15) is 6.61 Å². The van der Waals surface area contributed by atoms with Gasteiger partial charge in [-0.2, -0.15) is 0 Å². The molecule has 1 amide bonds. The van der Waals surface area contributed by atoms with E-state index in [4.69, 9.17) is 18.5 Å². The van der Waals surface area contributed by atoms with Crippen molar-refractivity contribution in [2.45, 2.75) is 245 Å². The van der Waals surface area contributed by atoms with Crippen LogP contribution in [0.5, 0.6) is 0 Å². The molecule has 2 N–H and O–H groups in total. The summed E-state index contributed by atoms with van der Waals surface area (Å²) in [7, 11) is -4.59. The van der Waals surface area contributed by atoms with Gasteiger partial charge in [-0.05, 0) is 49.9 Å². The molecule has 2 unspecified atom stereocenters. The Kier molecular flexibility index (Phi) is 35.8. The largest absolute Gasteiger partial charge is 0.472 e. The molecule has 3 rings (SSSR count). The molecule has 2 heterocycles. The Labute approximate surface area is 432 Å². The van der Waals surface area contributed by atoms with Crippen LogP contribution in [0.15, 0.2) is 36.5 Å². The van der Waals surface area contributed by atoms with Crippen molar-refractivity contribution in [3.05, 3.63) is 48.0 Å². The number of phosphoric acid groups is 1. The van der Waals surface area contributed by atoms with Gasteiger partial charge in [-0.1, -0.05) is 210 Å². The first-order valence-electron chi connectivity index (χ1n) is 28.2. The molecular weight excluding hydrogens is 934 g/mol. The number of ether oxygens (including phenoxy) is 2. The predicted octanol–water partition coefficient (Wildman–Crippen LogP) is 12.7. The van der Waals surface area contributed by atoms with Crippen LogP contribution < -0.4 is 10.3 Å². The third-order valence-electron chi connectivity index (χ3n) is 12.8. The topological polar surface area (TPSA) is 208 Å². The number of nitrogens with zero attached hydrogens (tertiary/aromatic N) is 6. The lowest BCUT2D eigenvalue weighted by molar-refractivity contribution is -0.161. The van der Waals surface area contributed by atoms with Crippen molar-refractivity contribution in [2.75, 3.05) is 26.4 Å². The predicted molar refractivity (Wildman–Crippen MR) is 283 cm³/mol. The normalized spacial score (nSPS) is 12.7. The quantitative estimate of drug-likeness (QED) is 0.0306. The summed E-state index contributed by atoms with van der Waals surface area (Å²) >= 11 is 0. The standard InChI is InChI=1S/C55H94N7O9P/c1-3-5-7-9-11-13-15-17-19-21-23-25-32-38-53(64)68-46-50(71-54(65)39-33-26-24-22-20-18-16-14-12-10-8-6-4-2)47-70-72(66,67)69-44-42-56-52(63)37-31-28-34-43-62-45-49(58-61-62)40-41-51-57-55(60-59-51)48-35-29-27-30-36-48/h27,29-30,35-36,45,50H,3-26,28,31-34,37-44,46-47H2,1-2H3,(H3,56,57,59,60,63,66,67)/p-1. The summed E-state index contributed by atoms with van der Waals surface area (Å²) in [6, 6.07) is 9.73. The zero-order valence-electron chi connectivity index (χ0n) is 44.5. The average Bonchev–Trinajstić information content (AvgIpc) is 4.06. The van der Waals surface area contributed by atoms with Gasteiger partial charge in [0.25, 0.3) is 0 Å². The number of unbranched alkanes of at least 4 members (excludes halogenated alkanes) is 26. The molecular formula is C55H93N7O9P-. The second-order valence-corrected chi connectivity index (χ2v) is 20.9. The molecule has 0 saturated carbocycles. The molecule has 72 heavy (non-hydrogen) atoms. The molecule has 16 nitrogen and oxygen atoms in total. The summed E-state index contributed by atoms with van der Waals surface area (Å²) in [6.45, 7) is 4.10. The van der Waals surface area contributed by atoms with E-state index in [2.05, 4.69) is 44.7 Å². The fraction of sp³-hybridized carbons (Fsp3) is 0.764. The van der Waals surface area contributed by atoms with Gasteiger partial charge in [0.05, 0.1) is 18.9 Å². The molecule has 408 valence electrons. The van der Waals surface area contributed by atoms with Crippen LogP contribution in [0.4, 0.5) is 0 Å². The zero-order valence-corrected chi connectivity index (χ0v) is 45.4. The van der Waals surface area contributed by atoms with Gasteiger partial charge in [-0.25, -0.2) is 4.57 Å². The van der Waals surface area contributed by atoms with Crippen molar-refractivity contribution in [3.8, 4) is 11.4 Å². The van der Waals surface area contributed by atoms with E-state index in [-0.39, 0.29) is 38.5 Å². The van der Waals surface area contributed by atoms with Gasteiger partial charge < -0.3 is 34.9 Å². The number of benzene rings is 1. The number of esters is 2. The first-order chi connectivity index (χ1) is 35.2. The van der Waals surface area contributed by atoms with Crippen molar-refractivity contribution in [1.82, 2.24) is 35.5 Å². The molecule has 0 aliphatic heterocycles. The van der Waals surface area contributed by atoms with E-state index >= 15 is 0 Å². The van der Waals surface area contributed by atoms with E-state index in [1.807, 2.05) is 36.5 Å². The van der Waals surface area contributed by atoms with Crippen LogP contribution in [-0.4, -0.2) is 80.4 Å². The van der Waals surface area contributed by atoms with Crippen LogP contribution in [-0.2, 0) is 56.9 Å². The number of aryl methyl sites for hydroxylation is 3. The third kappa shape index (κ3) is 33.0. The molecule has 2 aromatic heterocycles. The summed E-state index contributed by atoms with van der Waals surface area (Å²) in [4.78, 5) is 52.9. The highest BCUT2D eigenvalue weighted by molar-refractivity contribution is 7.47. The summed E-state index contributed by atoms with van der Waals surface area (Å²) in [5.74, 6) is 0.185. The molecule has 1 aromatic carbocycles. The van der Waals surface area contributed by atoms with Crippen molar-refractivity contribution in [2.24, 2.45) is 0 Å². The smallest absolute Gasteiger partial charge is 0.462 e. The molecule has 0 fully saturated rings. The molecule has 17 heteroatoms. The van der Waals surface area contributed by atoms with E-state index in [0.717, 1.165) is 62.6 Å². The molecule has 3 aromatic rings. The second-order valence-electron chi connectivity index (χ2n) is 19.4. The first kappa shape index (κ1) is 62.3. The van der Waals surface area contributed by atoms with Gasteiger partial charge in [-0.3, -0.25) is 28.1 Å². The Bertz CT molecular complexity index is 1860. The van der Waals surface area contributed by atoms with Crippen LogP contribution in [0.2, 0.25) is 0 Å². The zero-order chi connectivity index (χ0) is 51.6. The number of phosphoric ester groups is 1. The summed E-state index contributed by atoms with van der Waals surface area (Å²) < 4.78 is 36.0. The lowest BCUT2D eigenvalue weighted by Crippen LogP contribution is -2.30. The lowest BCUT2D eigenvalue weighted by Gasteiger charge is -2.20. The van der Waals surface area contributed by atoms with Crippen LogP contribution >= 0.6 is 7.82 Å². The molecule has 0 aliphatic carbocycles. The second kappa shape index (κ2) is 41.4. The van der Waals surface area contributed by atoms with Crippen LogP contribution in [0.3, 0.4) is 0 Å². The first-order valence-corrected chi connectivity index (χ1v) is 29.7. The monoisotopic (exact) mass is 1030 g/mol. The Balaban J connectivity index is 1.27. The van der Waals surface area contributed by atoms with Crippen molar-refractivity contribution < 1.29 is 42.4 Å². The van der Waals surface area contributed by atoms with Crippen LogP contribution in [0.1, 0.15) is 231 Å². The van der Waals surface area contributed by atoms with Gasteiger partial charge in [-0.15, -0.1) is 5.10 Å². The maximum absolute atomic E-state index is 12.8. The Morgan fingerprint density at radius 2 is 1.15 bits per heavy atom. The Hall–Kier alpha value is -3.98. The fourth-order valence-electron chi connectivity index (χ4n) is 8.47. The highest BCUT2D eigenvalue weighted by Crippen LogP contribution is 2.43. The van der Waals surface area contributed by atoms with Crippen molar-refractivity contribution >= 4 is 25.7 Å². The molecule has 0 saturated heterocycles. The van der Waals surface area contributed by atoms with E-state index < -0.39 is 32.5 Å². The highest BCUT2D eigenvalue weighted by Gasteiger charge is 2.26. The van der Waals surface area contributed by atoms with E-state index in [9.17, 15) is 23.8 Å². The number of amides is 1. The number of nitrogens with one attached hydrogen (secondary N) is 1. The number of rotatable bonds is 48. The van der Waals surface area contributed by atoms with Crippen molar-refractivity contribution in [3.63, 3.8) is 0 Å².